The molecule has 2 fully saturated rings. The maximum Gasteiger partial charge on any atom is 0.252 e. The monoisotopic (exact) mass is 598 g/mol. The first-order valence-electron chi connectivity index (χ1n) is 14.1. The molecule has 2 aromatic heterocycles. The van der Waals surface area contributed by atoms with Gasteiger partial charge in [-0.05, 0) is 43.5 Å². The van der Waals surface area contributed by atoms with E-state index in [9.17, 15) is 28.9 Å². The Bertz CT molecular complexity index is 1600. The zero-order valence-electron chi connectivity index (χ0n) is 23.2. The average Bonchev–Trinajstić information content (AvgIpc) is 3.66. The Hall–Kier alpha value is -3.82. The van der Waals surface area contributed by atoms with E-state index in [0.29, 0.717) is 41.4 Å². The maximum atomic E-state index is 14.3. The van der Waals surface area contributed by atoms with Gasteiger partial charge in [0.25, 0.3) is 5.91 Å². The van der Waals surface area contributed by atoms with Crippen LogP contribution in [-0.2, 0) is 14.3 Å². The van der Waals surface area contributed by atoms with Crippen molar-refractivity contribution in [2.75, 3.05) is 13.7 Å². The summed E-state index contributed by atoms with van der Waals surface area (Å²) in [5.74, 6) is -1.48. The van der Waals surface area contributed by atoms with Crippen LogP contribution in [0.1, 0.15) is 31.3 Å². The van der Waals surface area contributed by atoms with Gasteiger partial charge in [0.15, 0.2) is 6.10 Å². The smallest absolute Gasteiger partial charge is 0.252 e. The normalized spacial score (nSPS) is 29.5. The summed E-state index contributed by atoms with van der Waals surface area (Å²) in [6, 6.07) is 8.18. The Morgan fingerprint density at radius 3 is 2.67 bits per heavy atom. The number of hydrogen-bond acceptors (Lipinski definition) is 9. The second-order valence-electron chi connectivity index (χ2n) is 10.9. The lowest BCUT2D eigenvalue weighted by atomic mass is 9.87. The van der Waals surface area contributed by atoms with Crippen molar-refractivity contribution < 1.29 is 38.4 Å². The number of amides is 1. The Morgan fingerprint density at radius 1 is 1.12 bits per heavy atom. The summed E-state index contributed by atoms with van der Waals surface area (Å²) in [6.45, 7) is -0.596. The molecule has 14 heteroatoms. The summed E-state index contributed by atoms with van der Waals surface area (Å²) >= 11 is 0. The van der Waals surface area contributed by atoms with Crippen LogP contribution in [-0.4, -0.2) is 96.3 Å². The van der Waals surface area contributed by atoms with Crippen molar-refractivity contribution in [3.8, 4) is 11.3 Å². The molecule has 4 aromatic rings. The molecule has 1 aliphatic carbocycles. The number of halogens is 2. The summed E-state index contributed by atoms with van der Waals surface area (Å²) < 4.78 is 42.4. The minimum atomic E-state index is -1.33. The molecule has 0 spiro atoms. The number of nitrogens with zero attached hydrogens (tertiary/aromatic N) is 5. The molecule has 12 nitrogen and oxygen atoms in total. The number of carbonyl (C=O) groups is 1. The Morgan fingerprint density at radius 2 is 1.93 bits per heavy atom. The lowest BCUT2D eigenvalue weighted by Gasteiger charge is -2.43. The maximum absolute atomic E-state index is 14.3. The fraction of sp³-hybridized carbons (Fsp3) is 0.448. The van der Waals surface area contributed by atoms with Crippen molar-refractivity contribution in [3.63, 3.8) is 0 Å². The fourth-order valence-corrected chi connectivity index (χ4v) is 6.14. The van der Waals surface area contributed by atoms with Crippen LogP contribution in [0.4, 0.5) is 8.78 Å². The third-order valence-corrected chi connectivity index (χ3v) is 8.34. The van der Waals surface area contributed by atoms with E-state index in [0.717, 1.165) is 0 Å². The number of methoxy groups -OCH3 is 1. The van der Waals surface area contributed by atoms with Gasteiger partial charge in [-0.25, -0.2) is 13.5 Å². The summed E-state index contributed by atoms with van der Waals surface area (Å²) in [6.07, 6.45) is -1.15. The molecule has 43 heavy (non-hydrogen) atoms. The first-order chi connectivity index (χ1) is 20.8. The second-order valence-corrected chi connectivity index (χ2v) is 10.9. The molecule has 2 aliphatic rings. The predicted octanol–water partition coefficient (Wildman–Crippen LogP) is 1.52. The molecule has 4 N–H and O–H groups in total. The van der Waals surface area contributed by atoms with E-state index in [1.807, 2.05) is 0 Å². The quantitative estimate of drug-likeness (QED) is 0.248. The highest BCUT2D eigenvalue weighted by Crippen LogP contribution is 2.34. The van der Waals surface area contributed by atoms with Gasteiger partial charge in [-0.2, -0.15) is 5.10 Å². The van der Waals surface area contributed by atoms with Crippen molar-refractivity contribution in [2.24, 2.45) is 0 Å². The molecule has 3 heterocycles. The average molecular weight is 599 g/mol. The van der Waals surface area contributed by atoms with Crippen LogP contribution in [0.15, 0.2) is 54.9 Å². The number of fused-ring (bicyclic) bond motifs is 1. The molecule has 0 radical (unpaired) electrons. The summed E-state index contributed by atoms with van der Waals surface area (Å²) in [5.41, 5.74) is 1.26. The molecule has 1 aliphatic heterocycles. The van der Waals surface area contributed by atoms with Crippen LogP contribution in [0.5, 0.6) is 0 Å². The van der Waals surface area contributed by atoms with E-state index in [1.54, 1.807) is 29.1 Å². The first kappa shape index (κ1) is 29.3. The lowest BCUT2D eigenvalue weighted by molar-refractivity contribution is -0.213. The Balaban J connectivity index is 1.22. The summed E-state index contributed by atoms with van der Waals surface area (Å²) in [4.78, 5) is 13.7. The molecule has 0 unspecified atom stereocenters. The Kier molecular flexibility index (Phi) is 8.20. The zero-order chi connectivity index (χ0) is 30.2. The third-order valence-electron chi connectivity index (χ3n) is 8.34. The number of rotatable bonds is 7. The van der Waals surface area contributed by atoms with Gasteiger partial charge in [0.1, 0.15) is 41.7 Å². The van der Waals surface area contributed by atoms with E-state index in [-0.39, 0.29) is 0 Å². The number of benzene rings is 2. The van der Waals surface area contributed by atoms with Gasteiger partial charge in [0.2, 0.25) is 0 Å². The van der Waals surface area contributed by atoms with Gasteiger partial charge >= 0.3 is 0 Å². The minimum absolute atomic E-state index is 0.331. The van der Waals surface area contributed by atoms with E-state index >= 15 is 0 Å². The molecule has 8 atom stereocenters. The Labute approximate surface area is 244 Å². The second kappa shape index (κ2) is 12.1. The van der Waals surface area contributed by atoms with Crippen LogP contribution in [0.2, 0.25) is 0 Å². The molecule has 6 rings (SSSR count). The van der Waals surface area contributed by atoms with Gasteiger partial charge in [-0.1, -0.05) is 23.4 Å². The SMILES string of the molecule is CO[C@@H]1[C@@H](n2cc(-c3cccc(F)c3)nn2)[C@@H](O)[C@@H](CO)O[C@H]1C(=O)N[C@@H]1CCC[C@H](n2cc3c(F)cccc3n2)[C@H]1O. The van der Waals surface area contributed by atoms with Crippen LogP contribution < -0.4 is 5.32 Å². The number of ether oxygens (including phenoxy) is 2. The van der Waals surface area contributed by atoms with Gasteiger partial charge in [-0.3, -0.25) is 9.48 Å². The van der Waals surface area contributed by atoms with Gasteiger partial charge < -0.3 is 30.1 Å². The van der Waals surface area contributed by atoms with Gasteiger partial charge in [0.05, 0.1) is 41.9 Å². The topological polar surface area (TPSA) is 157 Å². The molecule has 0 bridgehead atoms. The van der Waals surface area contributed by atoms with Crippen molar-refractivity contribution in [2.45, 2.75) is 67.9 Å². The molecule has 1 saturated carbocycles. The van der Waals surface area contributed by atoms with Crippen molar-refractivity contribution >= 4 is 16.8 Å². The molecule has 1 amide bonds. The number of aliphatic hydroxyl groups excluding tert-OH is 3. The highest BCUT2D eigenvalue weighted by molar-refractivity contribution is 5.82. The number of hydrogen-bond donors (Lipinski definition) is 4. The van der Waals surface area contributed by atoms with E-state index in [4.69, 9.17) is 9.47 Å². The third kappa shape index (κ3) is 5.52. The van der Waals surface area contributed by atoms with E-state index in [1.165, 1.54) is 42.3 Å². The van der Waals surface area contributed by atoms with Crippen LogP contribution >= 0.6 is 0 Å². The first-order valence-corrected chi connectivity index (χ1v) is 14.1. The fourth-order valence-electron chi connectivity index (χ4n) is 6.14. The van der Waals surface area contributed by atoms with Crippen molar-refractivity contribution in [1.29, 1.82) is 0 Å². The van der Waals surface area contributed by atoms with Crippen LogP contribution in [0, 0.1) is 11.6 Å². The minimum Gasteiger partial charge on any atom is -0.394 e. The molecular weight excluding hydrogens is 566 g/mol. The largest absolute Gasteiger partial charge is 0.394 e. The number of aromatic nitrogens is 5. The number of carbonyl (C=O) groups excluding carboxylic acids is 1. The zero-order valence-corrected chi connectivity index (χ0v) is 23.2. The molecule has 1 saturated heterocycles. The highest BCUT2D eigenvalue weighted by Gasteiger charge is 2.50. The molecular formula is C29H32F2N6O6. The van der Waals surface area contributed by atoms with Crippen LogP contribution in [0.3, 0.4) is 0 Å². The number of nitrogens with one attached hydrogen (secondary N) is 1. The number of aliphatic hydroxyl groups is 3. The summed E-state index contributed by atoms with van der Waals surface area (Å²) in [5, 5.41) is 48.2. The standard InChI is InChI=1S/C29H32F2N6O6/c1-42-27-24(37-13-21(33-35-37)15-5-2-6-16(30)11-15)26(40)23(14-38)43-28(27)29(41)32-20-9-4-10-22(25(20)39)36-12-17-18(31)7-3-8-19(17)34-36/h2-3,5-8,11-13,20,22-28,38-40H,4,9-10,14H2,1H3,(H,32,41)/t20-,22+,23-,24+,25+,26+,27-,28-/m1/s1. The van der Waals surface area contributed by atoms with Gasteiger partial charge in [-0.15, -0.1) is 5.10 Å². The van der Waals surface area contributed by atoms with Crippen molar-refractivity contribution in [1.82, 2.24) is 30.1 Å². The van der Waals surface area contributed by atoms with Gasteiger partial charge in [0, 0.05) is 18.9 Å². The predicted molar refractivity (Wildman–Crippen MR) is 148 cm³/mol. The van der Waals surface area contributed by atoms with E-state index in [2.05, 4.69) is 20.7 Å². The highest BCUT2D eigenvalue weighted by atomic mass is 19.1. The van der Waals surface area contributed by atoms with Crippen molar-refractivity contribution in [3.05, 3.63) is 66.5 Å². The summed E-state index contributed by atoms with van der Waals surface area (Å²) in [7, 11) is 1.35. The van der Waals surface area contributed by atoms with E-state index < -0.39 is 72.8 Å². The lowest BCUT2D eigenvalue weighted by Crippen LogP contribution is -2.62. The molecule has 2 aromatic carbocycles. The molecule has 228 valence electrons. The van der Waals surface area contributed by atoms with Crippen LogP contribution in [0.25, 0.3) is 22.2 Å².